The van der Waals surface area contributed by atoms with Crippen molar-refractivity contribution in [3.8, 4) is 0 Å². The first-order chi connectivity index (χ1) is 6.15. The second-order valence-corrected chi connectivity index (χ2v) is 5.31. The van der Waals surface area contributed by atoms with Gasteiger partial charge in [-0.3, -0.25) is 0 Å². The molecular formula is C10H14BrNS. The minimum absolute atomic E-state index is 0.299. The van der Waals surface area contributed by atoms with Gasteiger partial charge in [0.25, 0.3) is 0 Å². The van der Waals surface area contributed by atoms with Crippen molar-refractivity contribution in [2.45, 2.75) is 19.9 Å². The highest BCUT2D eigenvalue weighted by Crippen LogP contribution is 2.28. The number of hydrogen-bond donors (Lipinski definition) is 1. The van der Waals surface area contributed by atoms with E-state index in [0.717, 1.165) is 12.1 Å². The van der Waals surface area contributed by atoms with Crippen molar-refractivity contribution in [2.24, 2.45) is 0 Å². The summed E-state index contributed by atoms with van der Waals surface area (Å²) in [5, 5.41) is 5.56. The van der Waals surface area contributed by atoms with Crippen molar-refractivity contribution in [2.75, 3.05) is 6.54 Å². The van der Waals surface area contributed by atoms with Crippen molar-refractivity contribution in [3.63, 3.8) is 0 Å². The summed E-state index contributed by atoms with van der Waals surface area (Å²) < 4.78 is 1.17. The Balaban J connectivity index is 2.81. The molecule has 0 aliphatic heterocycles. The van der Waals surface area contributed by atoms with E-state index < -0.39 is 0 Å². The van der Waals surface area contributed by atoms with Gasteiger partial charge in [0, 0.05) is 0 Å². The lowest BCUT2D eigenvalue weighted by Crippen LogP contribution is -2.20. The first-order valence-corrected chi connectivity index (χ1v) is 5.95. The van der Waals surface area contributed by atoms with Crippen molar-refractivity contribution in [1.82, 2.24) is 5.32 Å². The highest BCUT2D eigenvalue weighted by atomic mass is 79.9. The molecular weight excluding hydrogens is 246 g/mol. The van der Waals surface area contributed by atoms with Gasteiger partial charge in [0.2, 0.25) is 0 Å². The van der Waals surface area contributed by atoms with Crippen molar-refractivity contribution in [3.05, 3.63) is 32.9 Å². The Morgan fingerprint density at radius 2 is 2.46 bits per heavy atom. The number of nitrogens with one attached hydrogen (secondary N) is 1. The van der Waals surface area contributed by atoms with Crippen LogP contribution < -0.4 is 5.32 Å². The van der Waals surface area contributed by atoms with Gasteiger partial charge in [-0.05, 0) is 46.4 Å². The zero-order chi connectivity index (χ0) is 9.84. The van der Waals surface area contributed by atoms with Crippen LogP contribution in [0.25, 0.3) is 0 Å². The van der Waals surface area contributed by atoms with Crippen LogP contribution in [0.5, 0.6) is 0 Å². The standard InChI is InChI=1S/C10H14BrNS/c1-4-12-10(7(2)3)8-5-9(11)13-6-8/h5-6,10,12H,2,4H2,1,3H3. The van der Waals surface area contributed by atoms with Crippen LogP contribution in [0.4, 0.5) is 0 Å². The topological polar surface area (TPSA) is 12.0 Å². The summed E-state index contributed by atoms with van der Waals surface area (Å²) in [5.41, 5.74) is 2.46. The molecule has 72 valence electrons. The molecule has 1 heterocycles. The van der Waals surface area contributed by atoms with Crippen molar-refractivity contribution >= 4 is 27.3 Å². The van der Waals surface area contributed by atoms with E-state index in [4.69, 9.17) is 0 Å². The van der Waals surface area contributed by atoms with Crippen LogP contribution in [0.1, 0.15) is 25.5 Å². The fourth-order valence-corrected chi connectivity index (χ4v) is 2.46. The molecule has 0 saturated heterocycles. The van der Waals surface area contributed by atoms with Crippen LogP contribution in [0.3, 0.4) is 0 Å². The summed E-state index contributed by atoms with van der Waals surface area (Å²) in [6.45, 7) is 9.11. The summed E-state index contributed by atoms with van der Waals surface area (Å²) in [7, 11) is 0. The predicted octanol–water partition coefficient (Wildman–Crippen LogP) is 3.74. The molecule has 13 heavy (non-hydrogen) atoms. The molecule has 0 aliphatic carbocycles. The second kappa shape index (κ2) is 4.94. The van der Waals surface area contributed by atoms with Crippen molar-refractivity contribution < 1.29 is 0 Å². The fourth-order valence-electron chi connectivity index (χ4n) is 1.26. The third-order valence-electron chi connectivity index (χ3n) is 1.82. The van der Waals surface area contributed by atoms with E-state index in [9.17, 15) is 0 Å². The highest BCUT2D eigenvalue weighted by Gasteiger charge is 2.11. The molecule has 0 aromatic carbocycles. The van der Waals surface area contributed by atoms with Gasteiger partial charge in [0.1, 0.15) is 0 Å². The van der Waals surface area contributed by atoms with Gasteiger partial charge in [-0.1, -0.05) is 19.1 Å². The third-order valence-corrected chi connectivity index (χ3v) is 3.34. The van der Waals surface area contributed by atoms with Gasteiger partial charge in [0.15, 0.2) is 0 Å². The van der Waals surface area contributed by atoms with E-state index in [-0.39, 0.29) is 0 Å². The molecule has 0 amide bonds. The summed E-state index contributed by atoms with van der Waals surface area (Å²) in [5.74, 6) is 0. The Morgan fingerprint density at radius 3 is 2.85 bits per heavy atom. The SMILES string of the molecule is C=C(C)C(NCC)c1csc(Br)c1. The predicted molar refractivity (Wildman–Crippen MR) is 63.3 cm³/mol. The smallest absolute Gasteiger partial charge is 0.0701 e. The lowest BCUT2D eigenvalue weighted by atomic mass is 10.0. The van der Waals surface area contributed by atoms with Gasteiger partial charge in [-0.15, -0.1) is 11.3 Å². The first-order valence-electron chi connectivity index (χ1n) is 4.28. The fraction of sp³-hybridized carbons (Fsp3) is 0.400. The molecule has 0 spiro atoms. The number of likely N-dealkylation sites (N-methyl/N-ethyl adjacent to an activating group) is 1. The van der Waals surface area contributed by atoms with Crippen LogP contribution in [-0.2, 0) is 0 Å². The molecule has 1 unspecified atom stereocenters. The average molecular weight is 260 g/mol. The molecule has 1 aromatic heterocycles. The molecule has 3 heteroatoms. The van der Waals surface area contributed by atoms with Crippen LogP contribution in [0, 0.1) is 0 Å². The van der Waals surface area contributed by atoms with Crippen LogP contribution in [0.15, 0.2) is 27.4 Å². The molecule has 1 aromatic rings. The molecule has 0 saturated carbocycles. The highest BCUT2D eigenvalue weighted by molar-refractivity contribution is 9.11. The quantitative estimate of drug-likeness (QED) is 0.813. The van der Waals surface area contributed by atoms with Crippen LogP contribution in [0.2, 0.25) is 0 Å². The Labute approximate surface area is 92.0 Å². The average Bonchev–Trinajstić information content (AvgIpc) is 2.46. The maximum Gasteiger partial charge on any atom is 0.0701 e. The van der Waals surface area contributed by atoms with Gasteiger partial charge >= 0.3 is 0 Å². The Bertz CT molecular complexity index is 293. The molecule has 0 fully saturated rings. The Kier molecular flexibility index (Phi) is 4.16. The zero-order valence-corrected chi connectivity index (χ0v) is 10.3. The third kappa shape index (κ3) is 2.93. The lowest BCUT2D eigenvalue weighted by molar-refractivity contribution is 0.623. The van der Waals surface area contributed by atoms with E-state index in [2.05, 4.69) is 53.1 Å². The van der Waals surface area contributed by atoms with Gasteiger partial charge < -0.3 is 5.32 Å². The minimum Gasteiger partial charge on any atom is -0.307 e. The maximum absolute atomic E-state index is 3.99. The molecule has 0 radical (unpaired) electrons. The normalized spacial score (nSPS) is 12.8. The summed E-state index contributed by atoms with van der Waals surface area (Å²) in [6.07, 6.45) is 0. The van der Waals surface area contributed by atoms with E-state index >= 15 is 0 Å². The largest absolute Gasteiger partial charge is 0.307 e. The molecule has 0 aliphatic rings. The number of hydrogen-bond acceptors (Lipinski definition) is 2. The molecule has 1 rings (SSSR count). The molecule has 1 atom stereocenters. The minimum atomic E-state index is 0.299. The van der Waals surface area contributed by atoms with E-state index in [1.165, 1.54) is 9.35 Å². The second-order valence-electron chi connectivity index (χ2n) is 3.02. The number of halogens is 1. The Morgan fingerprint density at radius 1 is 1.77 bits per heavy atom. The van der Waals surface area contributed by atoms with Gasteiger partial charge in [-0.2, -0.15) is 0 Å². The van der Waals surface area contributed by atoms with Crippen molar-refractivity contribution in [1.29, 1.82) is 0 Å². The molecule has 1 N–H and O–H groups in total. The summed E-state index contributed by atoms with van der Waals surface area (Å²) in [4.78, 5) is 0. The number of thiophene rings is 1. The van der Waals surface area contributed by atoms with E-state index in [0.29, 0.717) is 6.04 Å². The van der Waals surface area contributed by atoms with E-state index in [1.54, 1.807) is 11.3 Å². The van der Waals surface area contributed by atoms with Gasteiger partial charge in [-0.25, -0.2) is 0 Å². The summed E-state index contributed by atoms with van der Waals surface area (Å²) >= 11 is 5.17. The molecule has 1 nitrogen and oxygen atoms in total. The Hall–Kier alpha value is -0.120. The lowest BCUT2D eigenvalue weighted by Gasteiger charge is -2.16. The summed E-state index contributed by atoms with van der Waals surface area (Å²) in [6, 6.07) is 2.44. The zero-order valence-electron chi connectivity index (χ0n) is 7.93. The van der Waals surface area contributed by atoms with Crippen LogP contribution >= 0.6 is 27.3 Å². The molecule has 0 bridgehead atoms. The monoisotopic (exact) mass is 259 g/mol. The first kappa shape index (κ1) is 11.0. The van der Waals surface area contributed by atoms with Gasteiger partial charge in [0.05, 0.1) is 9.83 Å². The van der Waals surface area contributed by atoms with Crippen LogP contribution in [-0.4, -0.2) is 6.54 Å². The van der Waals surface area contributed by atoms with E-state index in [1.807, 2.05) is 0 Å². The number of rotatable bonds is 4. The maximum atomic E-state index is 3.99.